The number of aromatic nitrogens is 3. The average molecular weight is 708 g/mol. The number of ether oxygens (including phenoxy) is 2. The molecule has 3 N–H and O–H groups in total. The third-order valence-electron chi connectivity index (χ3n) is 10.9. The Morgan fingerprint density at radius 2 is 1.67 bits per heavy atom. The quantitative estimate of drug-likeness (QED) is 0.204. The number of halogens is 1. The molecule has 1 aliphatic carbocycles. The van der Waals surface area contributed by atoms with E-state index in [4.69, 9.17) is 36.0 Å². The summed E-state index contributed by atoms with van der Waals surface area (Å²) in [6.45, 7) is 5.01. The Bertz CT molecular complexity index is 2030. The number of methoxy groups -OCH3 is 2. The molecule has 4 aromatic rings. The van der Waals surface area contributed by atoms with E-state index >= 15 is 0 Å². The first-order valence-corrected chi connectivity index (χ1v) is 18.0. The van der Waals surface area contributed by atoms with Gasteiger partial charge in [0.2, 0.25) is 23.6 Å². The summed E-state index contributed by atoms with van der Waals surface area (Å²) in [6.07, 6.45) is 6.56. The molecule has 2 aromatic carbocycles. The molecule has 0 radical (unpaired) electrons. The van der Waals surface area contributed by atoms with Crippen LogP contribution in [0.3, 0.4) is 0 Å². The third kappa shape index (κ3) is 6.32. The predicted molar refractivity (Wildman–Crippen MR) is 195 cm³/mol. The highest BCUT2D eigenvalue weighted by Gasteiger charge is 2.47. The molecule has 3 saturated heterocycles. The van der Waals surface area contributed by atoms with Gasteiger partial charge in [0.15, 0.2) is 0 Å². The van der Waals surface area contributed by atoms with Gasteiger partial charge in [-0.15, -0.1) is 0 Å². The van der Waals surface area contributed by atoms with Crippen molar-refractivity contribution in [2.45, 2.75) is 69.6 Å². The van der Waals surface area contributed by atoms with Crippen molar-refractivity contribution in [3.63, 3.8) is 0 Å². The Morgan fingerprint density at radius 3 is 2.39 bits per heavy atom. The van der Waals surface area contributed by atoms with Gasteiger partial charge in [0.05, 0.1) is 42.4 Å². The van der Waals surface area contributed by atoms with Crippen molar-refractivity contribution in [3.8, 4) is 45.4 Å². The monoisotopic (exact) mass is 707 g/mol. The Balaban J connectivity index is 1.04. The van der Waals surface area contributed by atoms with Crippen LogP contribution >= 0.6 is 11.6 Å². The molecular formula is C39H42ClN7O4. The summed E-state index contributed by atoms with van der Waals surface area (Å²) >= 11 is 7.24. The van der Waals surface area contributed by atoms with E-state index in [0.717, 1.165) is 90.1 Å². The first-order valence-electron chi connectivity index (χ1n) is 17.7. The van der Waals surface area contributed by atoms with Gasteiger partial charge in [-0.1, -0.05) is 48.0 Å². The number of fused-ring (bicyclic) bond motifs is 1. The van der Waals surface area contributed by atoms with Crippen molar-refractivity contribution in [1.82, 2.24) is 35.8 Å². The minimum absolute atomic E-state index is 0.0895. The zero-order valence-corrected chi connectivity index (χ0v) is 29.9. The maximum Gasteiger partial charge on any atom is 0.237 e. The fourth-order valence-electron chi connectivity index (χ4n) is 8.30. The Kier molecular flexibility index (Phi) is 8.90. The van der Waals surface area contributed by atoms with E-state index in [1.807, 2.05) is 36.5 Å². The highest BCUT2D eigenvalue weighted by molar-refractivity contribution is 6.36. The van der Waals surface area contributed by atoms with E-state index in [0.29, 0.717) is 41.9 Å². The van der Waals surface area contributed by atoms with Crippen LogP contribution in [0.4, 0.5) is 0 Å². The zero-order valence-electron chi connectivity index (χ0n) is 29.1. The van der Waals surface area contributed by atoms with Gasteiger partial charge in [-0.05, 0) is 55.4 Å². The largest absolute Gasteiger partial charge is 0.481 e. The Morgan fingerprint density at radius 1 is 0.922 bits per heavy atom. The van der Waals surface area contributed by atoms with E-state index in [9.17, 15) is 9.59 Å². The van der Waals surface area contributed by atoms with Gasteiger partial charge < -0.3 is 25.4 Å². The Labute approximate surface area is 302 Å². The second-order valence-electron chi connectivity index (χ2n) is 14.2. The van der Waals surface area contributed by atoms with Gasteiger partial charge >= 0.3 is 0 Å². The molecule has 0 bridgehead atoms. The number of rotatable bonds is 10. The highest BCUT2D eigenvalue weighted by Crippen LogP contribution is 2.43. The molecule has 3 aliphatic heterocycles. The molecule has 3 fully saturated rings. The lowest BCUT2D eigenvalue weighted by molar-refractivity contribution is -0.121. The lowest BCUT2D eigenvalue weighted by Gasteiger charge is -2.47. The first-order chi connectivity index (χ1) is 24.7. The van der Waals surface area contributed by atoms with Crippen LogP contribution in [-0.2, 0) is 22.6 Å². The lowest BCUT2D eigenvalue weighted by atomic mass is 9.88. The molecule has 0 unspecified atom stereocenters. The maximum absolute atomic E-state index is 11.8. The molecule has 264 valence electrons. The SMILES string of the molecule is COc1nc(-c2cccc(-c3cccc(-c4cc5c(c(OC)n4)[C@@H](NC[C@@H]4CCC(=O)N4)CC5)c3Cl)c2C)cnc1CN1CC2(CCC(=O)N2)C1. The smallest absolute Gasteiger partial charge is 0.237 e. The fourth-order valence-corrected chi connectivity index (χ4v) is 8.63. The van der Waals surface area contributed by atoms with Crippen LogP contribution in [0, 0.1) is 6.92 Å². The van der Waals surface area contributed by atoms with Crippen LogP contribution < -0.4 is 25.4 Å². The number of benzene rings is 2. The van der Waals surface area contributed by atoms with Crippen molar-refractivity contribution >= 4 is 23.4 Å². The number of hydrogen-bond acceptors (Lipinski definition) is 9. The molecule has 11 nitrogen and oxygen atoms in total. The summed E-state index contributed by atoms with van der Waals surface area (Å²) in [6, 6.07) is 14.6. The topological polar surface area (TPSA) is 131 Å². The fraction of sp³-hybridized carbons (Fsp3) is 0.410. The van der Waals surface area contributed by atoms with Crippen molar-refractivity contribution in [1.29, 1.82) is 0 Å². The van der Waals surface area contributed by atoms with Gasteiger partial charge in [-0.25, -0.2) is 9.97 Å². The van der Waals surface area contributed by atoms with Crippen LogP contribution in [0.25, 0.3) is 33.6 Å². The number of nitrogens with one attached hydrogen (secondary N) is 3. The maximum atomic E-state index is 11.8. The van der Waals surface area contributed by atoms with E-state index in [1.165, 1.54) is 5.56 Å². The van der Waals surface area contributed by atoms with Crippen LogP contribution in [0.5, 0.6) is 11.8 Å². The van der Waals surface area contributed by atoms with Gasteiger partial charge in [0.1, 0.15) is 5.69 Å². The number of carbonyl (C=O) groups excluding carboxylic acids is 2. The van der Waals surface area contributed by atoms with E-state index < -0.39 is 0 Å². The molecular weight excluding hydrogens is 666 g/mol. The van der Waals surface area contributed by atoms with Crippen molar-refractivity contribution < 1.29 is 19.1 Å². The molecule has 8 rings (SSSR count). The first kappa shape index (κ1) is 33.6. The number of carbonyl (C=O) groups is 2. The number of pyridine rings is 1. The molecule has 12 heteroatoms. The number of nitrogens with zero attached hydrogens (tertiary/aromatic N) is 4. The van der Waals surface area contributed by atoms with Gasteiger partial charge in [0, 0.05) is 73.4 Å². The molecule has 2 aromatic heterocycles. The summed E-state index contributed by atoms with van der Waals surface area (Å²) in [7, 11) is 3.28. The average Bonchev–Trinajstić information content (AvgIpc) is 3.85. The van der Waals surface area contributed by atoms with Crippen molar-refractivity contribution in [2.75, 3.05) is 33.9 Å². The number of amides is 2. The van der Waals surface area contributed by atoms with Crippen LogP contribution in [0.2, 0.25) is 5.02 Å². The van der Waals surface area contributed by atoms with Crippen LogP contribution in [0.1, 0.15) is 60.5 Å². The molecule has 2 amide bonds. The summed E-state index contributed by atoms with van der Waals surface area (Å²) in [5.41, 5.74) is 9.13. The molecule has 0 saturated carbocycles. The summed E-state index contributed by atoms with van der Waals surface area (Å²) in [5.74, 6) is 1.35. The van der Waals surface area contributed by atoms with E-state index in [-0.39, 0.29) is 29.4 Å². The molecule has 1 spiro atoms. The second kappa shape index (κ2) is 13.5. The molecule has 51 heavy (non-hydrogen) atoms. The minimum atomic E-state index is -0.0895. The summed E-state index contributed by atoms with van der Waals surface area (Å²) in [5, 5.41) is 10.4. The second-order valence-corrected chi connectivity index (χ2v) is 14.6. The third-order valence-corrected chi connectivity index (χ3v) is 11.3. The predicted octanol–water partition coefficient (Wildman–Crippen LogP) is 5.17. The van der Waals surface area contributed by atoms with Gasteiger partial charge in [-0.2, -0.15) is 0 Å². The van der Waals surface area contributed by atoms with E-state index in [2.05, 4.69) is 39.9 Å². The zero-order chi connectivity index (χ0) is 35.3. The number of likely N-dealkylation sites (tertiary alicyclic amines) is 1. The lowest BCUT2D eigenvalue weighted by Crippen LogP contribution is -2.66. The van der Waals surface area contributed by atoms with E-state index in [1.54, 1.807) is 14.2 Å². The summed E-state index contributed by atoms with van der Waals surface area (Å²) in [4.78, 5) is 40.4. The molecule has 4 aliphatic rings. The molecule has 2 atom stereocenters. The van der Waals surface area contributed by atoms with Gasteiger partial charge in [-0.3, -0.25) is 19.5 Å². The molecule has 5 heterocycles. The number of hydrogen-bond donors (Lipinski definition) is 3. The summed E-state index contributed by atoms with van der Waals surface area (Å²) < 4.78 is 11.6. The standard InChI is InChI=1S/C39H42ClN7O4/c1-22-25(6-4-7-26(22)31-18-42-32(37(45-31)50-2)19-47-20-39(21-47)15-14-34(49)46-39)27-8-5-9-28(36(27)40)30-16-23-10-12-29(35(23)38(44-30)51-3)41-17-24-11-13-33(48)43-24/h4-9,16,18,24,29,41H,10-15,17,19-21H2,1-3H3,(H,43,48)(H,46,49)/t24-,29-/m0/s1. The van der Waals surface area contributed by atoms with Crippen LogP contribution in [-0.4, -0.2) is 77.1 Å². The van der Waals surface area contributed by atoms with Crippen molar-refractivity contribution in [3.05, 3.63) is 76.1 Å². The highest BCUT2D eigenvalue weighted by atomic mass is 35.5. The van der Waals surface area contributed by atoms with Crippen LogP contribution in [0.15, 0.2) is 48.7 Å². The van der Waals surface area contributed by atoms with Gasteiger partial charge in [0.25, 0.3) is 0 Å². The number of aryl methyl sites for hydroxylation is 1. The van der Waals surface area contributed by atoms with Crippen molar-refractivity contribution in [2.24, 2.45) is 0 Å². The Hall–Kier alpha value is -4.58. The minimum Gasteiger partial charge on any atom is -0.481 e. The normalized spacial score (nSPS) is 20.6.